The van der Waals surface area contributed by atoms with Gasteiger partial charge in [0.2, 0.25) is 0 Å². The smallest absolute Gasteiger partial charge is 0.274 e. The molecule has 0 aliphatic carbocycles. The van der Waals surface area contributed by atoms with Crippen molar-refractivity contribution < 1.29 is 9.53 Å². The lowest BCUT2D eigenvalue weighted by molar-refractivity contribution is -0.0198. The maximum absolute atomic E-state index is 12.5. The van der Waals surface area contributed by atoms with Crippen LogP contribution in [0.3, 0.4) is 0 Å². The zero-order valence-electron chi connectivity index (χ0n) is 12.0. The Bertz CT molecular complexity index is 644. The molecule has 2 heterocycles. The van der Waals surface area contributed by atoms with Gasteiger partial charge in [-0.15, -0.1) is 0 Å². The molecule has 6 heteroatoms. The Balaban J connectivity index is 1.79. The van der Waals surface area contributed by atoms with E-state index in [2.05, 4.69) is 15.3 Å². The van der Waals surface area contributed by atoms with Gasteiger partial charge < -0.3 is 15.0 Å². The summed E-state index contributed by atoms with van der Waals surface area (Å²) in [5.74, 6) is -0.0855. The normalized spacial score (nSPS) is 18.9. The number of amides is 1. The molecule has 110 valence electrons. The third-order valence-corrected chi connectivity index (χ3v) is 3.53. The Morgan fingerprint density at radius 2 is 2.24 bits per heavy atom. The molecule has 0 bridgehead atoms. The monoisotopic (exact) mass is 286 g/mol. The van der Waals surface area contributed by atoms with Gasteiger partial charge in [0.1, 0.15) is 5.69 Å². The highest BCUT2D eigenvalue weighted by molar-refractivity contribution is 5.93. The van der Waals surface area contributed by atoms with Crippen LogP contribution in [-0.2, 0) is 4.74 Å². The predicted octanol–water partition coefficient (Wildman–Crippen LogP) is 0.690. The second kappa shape index (κ2) is 6.15. The van der Waals surface area contributed by atoms with Crippen molar-refractivity contribution in [1.82, 2.24) is 20.2 Å². The van der Waals surface area contributed by atoms with E-state index in [1.807, 2.05) is 31.3 Å². The van der Waals surface area contributed by atoms with E-state index in [0.717, 1.165) is 17.6 Å². The van der Waals surface area contributed by atoms with Crippen LogP contribution < -0.4 is 5.32 Å². The minimum Gasteiger partial charge on any atom is -0.373 e. The Hall–Kier alpha value is -2.05. The van der Waals surface area contributed by atoms with E-state index in [-0.39, 0.29) is 12.0 Å². The first-order chi connectivity index (χ1) is 10.3. The molecule has 1 aliphatic heterocycles. The first-order valence-electron chi connectivity index (χ1n) is 7.05. The van der Waals surface area contributed by atoms with Gasteiger partial charge in [0.25, 0.3) is 5.91 Å². The van der Waals surface area contributed by atoms with E-state index < -0.39 is 0 Å². The van der Waals surface area contributed by atoms with Crippen LogP contribution in [0.15, 0.2) is 30.5 Å². The molecule has 3 rings (SSSR count). The van der Waals surface area contributed by atoms with Crippen LogP contribution in [0.2, 0.25) is 0 Å². The van der Waals surface area contributed by atoms with Crippen molar-refractivity contribution >= 4 is 16.9 Å². The van der Waals surface area contributed by atoms with E-state index >= 15 is 0 Å². The van der Waals surface area contributed by atoms with Crippen molar-refractivity contribution in [2.75, 3.05) is 33.3 Å². The maximum Gasteiger partial charge on any atom is 0.274 e. The second-order valence-corrected chi connectivity index (χ2v) is 5.05. The molecule has 1 saturated heterocycles. The summed E-state index contributed by atoms with van der Waals surface area (Å²) in [5, 5.41) is 3.07. The lowest BCUT2D eigenvalue weighted by Crippen LogP contribution is -2.48. The molecular weight excluding hydrogens is 268 g/mol. The molecule has 1 amide bonds. The second-order valence-electron chi connectivity index (χ2n) is 5.05. The fourth-order valence-electron chi connectivity index (χ4n) is 2.48. The van der Waals surface area contributed by atoms with E-state index in [4.69, 9.17) is 4.74 Å². The molecule has 1 aromatic carbocycles. The molecule has 1 fully saturated rings. The average molecular weight is 286 g/mol. The van der Waals surface area contributed by atoms with Crippen LogP contribution >= 0.6 is 0 Å². The predicted molar refractivity (Wildman–Crippen MR) is 79.1 cm³/mol. The van der Waals surface area contributed by atoms with Crippen molar-refractivity contribution in [2.24, 2.45) is 0 Å². The van der Waals surface area contributed by atoms with Gasteiger partial charge in [-0.05, 0) is 19.2 Å². The SMILES string of the molecule is CNCC1CN(C(=O)c2cnc3ccccc3n2)CCO1. The van der Waals surface area contributed by atoms with Crippen LogP contribution in [0.1, 0.15) is 10.5 Å². The first-order valence-corrected chi connectivity index (χ1v) is 7.05. The fraction of sp³-hybridized carbons (Fsp3) is 0.400. The summed E-state index contributed by atoms with van der Waals surface area (Å²) in [7, 11) is 1.87. The van der Waals surface area contributed by atoms with Crippen LogP contribution in [-0.4, -0.2) is 60.2 Å². The van der Waals surface area contributed by atoms with Gasteiger partial charge in [-0.25, -0.2) is 4.98 Å². The van der Waals surface area contributed by atoms with Gasteiger partial charge in [-0.3, -0.25) is 9.78 Å². The number of benzene rings is 1. The molecule has 1 unspecified atom stereocenters. The van der Waals surface area contributed by atoms with Crippen molar-refractivity contribution in [3.8, 4) is 0 Å². The van der Waals surface area contributed by atoms with Crippen LogP contribution in [0.5, 0.6) is 0 Å². The zero-order valence-corrected chi connectivity index (χ0v) is 12.0. The highest BCUT2D eigenvalue weighted by Gasteiger charge is 2.25. The quantitative estimate of drug-likeness (QED) is 0.899. The number of aromatic nitrogens is 2. The number of nitrogens with one attached hydrogen (secondary N) is 1. The van der Waals surface area contributed by atoms with Crippen LogP contribution in [0.4, 0.5) is 0 Å². The van der Waals surface area contributed by atoms with Crippen molar-refractivity contribution in [2.45, 2.75) is 6.10 Å². The van der Waals surface area contributed by atoms with Gasteiger partial charge in [-0.2, -0.15) is 0 Å². The van der Waals surface area contributed by atoms with Gasteiger partial charge in [0.15, 0.2) is 0 Å². The number of ether oxygens (including phenoxy) is 1. The molecule has 0 saturated carbocycles. The van der Waals surface area contributed by atoms with Crippen molar-refractivity contribution in [3.05, 3.63) is 36.2 Å². The molecule has 1 N–H and O–H groups in total. The highest BCUT2D eigenvalue weighted by Crippen LogP contribution is 2.12. The standard InChI is InChI=1S/C15H18N4O2/c1-16-8-11-10-19(6-7-21-11)15(20)14-9-17-12-4-2-3-5-13(12)18-14/h2-5,9,11,16H,6-8,10H2,1H3. The van der Waals surface area contributed by atoms with E-state index in [1.165, 1.54) is 0 Å². The summed E-state index contributed by atoms with van der Waals surface area (Å²) in [6.45, 7) is 2.45. The number of nitrogens with zero attached hydrogens (tertiary/aromatic N) is 3. The molecule has 0 radical (unpaired) electrons. The molecule has 1 aliphatic rings. The minimum absolute atomic E-state index is 0.0288. The number of carbonyl (C=O) groups is 1. The largest absolute Gasteiger partial charge is 0.373 e. The molecule has 21 heavy (non-hydrogen) atoms. The summed E-state index contributed by atoms with van der Waals surface area (Å²) in [4.78, 5) is 23.0. The van der Waals surface area contributed by atoms with E-state index in [9.17, 15) is 4.79 Å². The number of hydrogen-bond donors (Lipinski definition) is 1. The summed E-state index contributed by atoms with van der Waals surface area (Å²) >= 11 is 0. The number of para-hydroxylation sites is 2. The summed E-state index contributed by atoms with van der Waals surface area (Å²) in [6, 6.07) is 7.54. The molecule has 0 spiro atoms. The fourth-order valence-corrected chi connectivity index (χ4v) is 2.48. The van der Waals surface area contributed by atoms with Crippen molar-refractivity contribution in [3.63, 3.8) is 0 Å². The van der Waals surface area contributed by atoms with E-state index in [0.29, 0.717) is 25.4 Å². The lowest BCUT2D eigenvalue weighted by Gasteiger charge is -2.32. The first kappa shape index (κ1) is 13.9. The average Bonchev–Trinajstić information content (AvgIpc) is 2.54. The number of rotatable bonds is 3. The van der Waals surface area contributed by atoms with Gasteiger partial charge >= 0.3 is 0 Å². The summed E-state index contributed by atoms with van der Waals surface area (Å²) < 4.78 is 5.61. The molecular formula is C15H18N4O2. The molecule has 1 atom stereocenters. The van der Waals surface area contributed by atoms with Gasteiger partial charge in [0.05, 0.1) is 29.9 Å². The van der Waals surface area contributed by atoms with E-state index in [1.54, 1.807) is 11.1 Å². The highest BCUT2D eigenvalue weighted by atomic mass is 16.5. The number of morpholine rings is 1. The Labute approximate surface area is 123 Å². The summed E-state index contributed by atoms with van der Waals surface area (Å²) in [5.41, 5.74) is 1.92. The third kappa shape index (κ3) is 3.01. The molecule has 6 nitrogen and oxygen atoms in total. The third-order valence-electron chi connectivity index (χ3n) is 3.53. The molecule has 1 aromatic heterocycles. The summed E-state index contributed by atoms with van der Waals surface area (Å²) in [6.07, 6.45) is 1.58. The van der Waals surface area contributed by atoms with Gasteiger partial charge in [0, 0.05) is 19.6 Å². The van der Waals surface area contributed by atoms with Crippen LogP contribution in [0, 0.1) is 0 Å². The Morgan fingerprint density at radius 3 is 3.05 bits per heavy atom. The Morgan fingerprint density at radius 1 is 1.43 bits per heavy atom. The maximum atomic E-state index is 12.5. The van der Waals surface area contributed by atoms with Crippen molar-refractivity contribution in [1.29, 1.82) is 0 Å². The molecule has 2 aromatic rings. The zero-order chi connectivity index (χ0) is 14.7. The van der Waals surface area contributed by atoms with Crippen LogP contribution in [0.25, 0.3) is 11.0 Å². The lowest BCUT2D eigenvalue weighted by atomic mass is 10.2. The topological polar surface area (TPSA) is 67.4 Å². The number of likely N-dealkylation sites (N-methyl/N-ethyl adjacent to an activating group) is 1. The minimum atomic E-state index is -0.0855. The van der Waals surface area contributed by atoms with Gasteiger partial charge in [-0.1, -0.05) is 12.1 Å². The number of hydrogen-bond acceptors (Lipinski definition) is 5. The number of carbonyl (C=O) groups excluding carboxylic acids is 1. The Kier molecular flexibility index (Phi) is 4.08. The number of fused-ring (bicyclic) bond motifs is 1.